The Hall–Kier alpha value is -2.64. The van der Waals surface area contributed by atoms with Crippen LogP contribution in [-0.2, 0) is 17.6 Å². The number of amides is 1. The van der Waals surface area contributed by atoms with Crippen LogP contribution in [0, 0.1) is 0 Å². The molecule has 0 aromatic heterocycles. The van der Waals surface area contributed by atoms with Crippen LogP contribution in [0.15, 0.2) is 48.5 Å². The topological polar surface area (TPSA) is 23.6 Å². The molecule has 2 aromatic rings. The number of anilines is 2. The number of hydrogen-bond acceptors (Lipinski definition) is 2. The molecule has 156 valence electrons. The van der Waals surface area contributed by atoms with Gasteiger partial charge in [-0.25, -0.2) is 0 Å². The molecular formula is C21H21F5N2O. The number of aryl methyl sites for hydroxylation is 2. The van der Waals surface area contributed by atoms with Crippen molar-refractivity contribution in [1.29, 1.82) is 0 Å². The molecule has 0 spiro atoms. The van der Waals surface area contributed by atoms with Gasteiger partial charge in [0, 0.05) is 31.5 Å². The van der Waals surface area contributed by atoms with E-state index in [1.165, 1.54) is 0 Å². The highest BCUT2D eigenvalue weighted by molar-refractivity contribution is 5.84. The molecular weight excluding hydrogens is 391 g/mol. The summed E-state index contributed by atoms with van der Waals surface area (Å²) in [6.07, 6.45) is -3.97. The van der Waals surface area contributed by atoms with Crippen molar-refractivity contribution >= 4 is 17.3 Å². The van der Waals surface area contributed by atoms with Crippen molar-refractivity contribution in [3.05, 3.63) is 59.7 Å². The predicted octanol–water partition coefficient (Wildman–Crippen LogP) is 4.97. The van der Waals surface area contributed by atoms with E-state index < -0.39 is 18.0 Å². The van der Waals surface area contributed by atoms with Gasteiger partial charge in [-0.15, -0.1) is 0 Å². The number of nitrogens with zero attached hydrogens (tertiary/aromatic N) is 2. The van der Waals surface area contributed by atoms with Gasteiger partial charge < -0.3 is 9.80 Å². The first-order valence-electron chi connectivity index (χ1n) is 9.26. The van der Waals surface area contributed by atoms with Crippen molar-refractivity contribution in [3.63, 3.8) is 0 Å². The van der Waals surface area contributed by atoms with E-state index in [2.05, 4.69) is 0 Å². The molecule has 0 unspecified atom stereocenters. The zero-order valence-electron chi connectivity index (χ0n) is 15.8. The molecule has 0 saturated heterocycles. The molecule has 1 heterocycles. The number of alkyl halides is 5. The first-order valence-corrected chi connectivity index (χ1v) is 9.26. The minimum Gasteiger partial charge on any atom is -0.341 e. The van der Waals surface area contributed by atoms with Crippen molar-refractivity contribution in [2.45, 2.75) is 31.4 Å². The lowest BCUT2D eigenvalue weighted by molar-refractivity contribution is -0.274. The van der Waals surface area contributed by atoms with Crippen LogP contribution in [0.25, 0.3) is 0 Å². The van der Waals surface area contributed by atoms with Crippen LogP contribution in [-0.4, -0.2) is 43.0 Å². The molecule has 0 saturated carbocycles. The Morgan fingerprint density at radius 2 is 1.41 bits per heavy atom. The second-order valence-corrected chi connectivity index (χ2v) is 7.06. The summed E-state index contributed by atoms with van der Waals surface area (Å²) >= 11 is 0. The van der Waals surface area contributed by atoms with Crippen molar-refractivity contribution in [2.24, 2.45) is 0 Å². The van der Waals surface area contributed by atoms with Crippen LogP contribution < -0.4 is 4.90 Å². The second kappa shape index (κ2) is 8.00. The molecule has 0 aliphatic carbocycles. The average Bonchev–Trinajstić information content (AvgIpc) is 2.84. The molecule has 0 radical (unpaired) electrons. The minimum absolute atomic E-state index is 0.217. The first kappa shape index (κ1) is 21.1. The van der Waals surface area contributed by atoms with E-state index in [1.807, 2.05) is 53.4 Å². The van der Waals surface area contributed by atoms with Crippen LogP contribution in [0.3, 0.4) is 0 Å². The Kier molecular flexibility index (Phi) is 5.82. The standard InChI is InChI=1S/C21H21F5N2O/c1-27(19(29)20(22,23)21(24,25)26)13-6-14-28-17-9-4-2-7-15(17)11-12-16-8-3-5-10-18(16)28/h2-5,7-10H,6,11-14H2,1H3. The summed E-state index contributed by atoms with van der Waals surface area (Å²) in [6.45, 7) is 0.161. The molecule has 3 nitrogen and oxygen atoms in total. The van der Waals surface area contributed by atoms with Gasteiger partial charge in [-0.05, 0) is 42.5 Å². The van der Waals surface area contributed by atoms with Crippen molar-refractivity contribution in [1.82, 2.24) is 4.90 Å². The summed E-state index contributed by atoms with van der Waals surface area (Å²) in [5.41, 5.74) is 4.23. The maximum atomic E-state index is 13.3. The second-order valence-electron chi connectivity index (χ2n) is 7.06. The maximum Gasteiger partial charge on any atom is 0.463 e. The fourth-order valence-corrected chi connectivity index (χ4v) is 3.54. The summed E-state index contributed by atoms with van der Waals surface area (Å²) in [4.78, 5) is 14.1. The highest BCUT2D eigenvalue weighted by Gasteiger charge is 2.64. The number of hydrogen-bond donors (Lipinski definition) is 0. The Labute approximate surface area is 165 Å². The molecule has 0 atom stereocenters. The monoisotopic (exact) mass is 412 g/mol. The lowest BCUT2D eigenvalue weighted by Gasteiger charge is -2.29. The summed E-state index contributed by atoms with van der Waals surface area (Å²) < 4.78 is 63.8. The largest absolute Gasteiger partial charge is 0.463 e. The van der Waals surface area contributed by atoms with E-state index in [4.69, 9.17) is 0 Å². The number of carbonyl (C=O) groups excluding carboxylic acids is 1. The third kappa shape index (κ3) is 4.21. The Morgan fingerprint density at radius 3 is 1.90 bits per heavy atom. The number of carbonyl (C=O) groups is 1. The molecule has 0 fully saturated rings. The van der Waals surface area contributed by atoms with Gasteiger partial charge in [0.1, 0.15) is 0 Å². The van der Waals surface area contributed by atoms with Crippen LogP contribution in [0.1, 0.15) is 17.5 Å². The highest BCUT2D eigenvalue weighted by Crippen LogP contribution is 2.37. The van der Waals surface area contributed by atoms with E-state index in [0.717, 1.165) is 42.4 Å². The van der Waals surface area contributed by atoms with Crippen LogP contribution in [0.2, 0.25) is 0 Å². The smallest absolute Gasteiger partial charge is 0.341 e. The molecule has 1 aliphatic rings. The lowest BCUT2D eigenvalue weighted by Crippen LogP contribution is -2.51. The molecule has 29 heavy (non-hydrogen) atoms. The molecule has 1 amide bonds. The number of benzene rings is 2. The van der Waals surface area contributed by atoms with E-state index in [0.29, 0.717) is 11.4 Å². The van der Waals surface area contributed by atoms with Gasteiger partial charge in [0.05, 0.1) is 0 Å². The number of para-hydroxylation sites is 2. The SMILES string of the molecule is CN(CCCN1c2ccccc2CCc2ccccc21)C(=O)C(F)(F)C(F)(F)F. The molecule has 2 aromatic carbocycles. The summed E-state index contributed by atoms with van der Waals surface area (Å²) in [6, 6.07) is 15.7. The summed E-state index contributed by atoms with van der Waals surface area (Å²) in [5.74, 6) is -7.62. The fourth-order valence-electron chi connectivity index (χ4n) is 3.54. The molecule has 1 aliphatic heterocycles. The highest BCUT2D eigenvalue weighted by atomic mass is 19.4. The molecule has 0 N–H and O–H groups in total. The van der Waals surface area contributed by atoms with Gasteiger partial charge in [0.15, 0.2) is 0 Å². The first-order chi connectivity index (χ1) is 13.6. The van der Waals surface area contributed by atoms with E-state index >= 15 is 0 Å². The predicted molar refractivity (Wildman–Crippen MR) is 101 cm³/mol. The van der Waals surface area contributed by atoms with Crippen LogP contribution in [0.4, 0.5) is 33.3 Å². The average molecular weight is 412 g/mol. The zero-order chi connectivity index (χ0) is 21.2. The van der Waals surface area contributed by atoms with Gasteiger partial charge in [-0.3, -0.25) is 4.79 Å². The third-order valence-electron chi connectivity index (χ3n) is 5.08. The molecule has 0 bridgehead atoms. The van der Waals surface area contributed by atoms with Gasteiger partial charge >= 0.3 is 18.0 Å². The molecule has 3 rings (SSSR count). The van der Waals surface area contributed by atoms with Crippen molar-refractivity contribution < 1.29 is 26.7 Å². The summed E-state index contributed by atoms with van der Waals surface area (Å²) in [7, 11) is 0.965. The van der Waals surface area contributed by atoms with E-state index in [-0.39, 0.29) is 13.0 Å². The van der Waals surface area contributed by atoms with Crippen LogP contribution in [0.5, 0.6) is 0 Å². The Balaban J connectivity index is 1.75. The Bertz CT molecular complexity index is 834. The number of rotatable bonds is 5. The van der Waals surface area contributed by atoms with E-state index in [9.17, 15) is 26.7 Å². The molecule has 8 heteroatoms. The zero-order valence-corrected chi connectivity index (χ0v) is 15.8. The minimum atomic E-state index is -5.90. The van der Waals surface area contributed by atoms with E-state index in [1.54, 1.807) is 0 Å². The fraction of sp³-hybridized carbons (Fsp3) is 0.381. The van der Waals surface area contributed by atoms with Gasteiger partial charge in [0.2, 0.25) is 0 Å². The normalized spacial score (nSPS) is 14.1. The van der Waals surface area contributed by atoms with Gasteiger partial charge in [0.25, 0.3) is 0 Å². The summed E-state index contributed by atoms with van der Waals surface area (Å²) in [5, 5.41) is 0. The van der Waals surface area contributed by atoms with Crippen LogP contribution >= 0.6 is 0 Å². The van der Waals surface area contributed by atoms with Gasteiger partial charge in [-0.2, -0.15) is 22.0 Å². The number of halogens is 5. The van der Waals surface area contributed by atoms with Crippen molar-refractivity contribution in [3.8, 4) is 0 Å². The maximum absolute atomic E-state index is 13.3. The van der Waals surface area contributed by atoms with Crippen molar-refractivity contribution in [2.75, 3.05) is 25.0 Å². The quantitative estimate of drug-likeness (QED) is 0.648. The lowest BCUT2D eigenvalue weighted by atomic mass is 10.0. The third-order valence-corrected chi connectivity index (χ3v) is 5.08. The Morgan fingerprint density at radius 1 is 0.931 bits per heavy atom. The number of fused-ring (bicyclic) bond motifs is 2. The van der Waals surface area contributed by atoms with Gasteiger partial charge in [-0.1, -0.05) is 36.4 Å².